The first-order valence-corrected chi connectivity index (χ1v) is 35.3. The second-order valence-corrected chi connectivity index (χ2v) is 35.3. The SMILES string of the molecule is C#Cc1cc(C(C)(C)C)on1.C#Cc1cc(C(C)(C)C)sn1.C#Cc1nc(C(C)(C)C)co1.C#Cc1nc(C(C)(C)C)cs1.C#Cc1ncc(C(C)(C)C)o1.C#Cc1ncc(C(C)(C)C)s1.C#Cc1nocc1C(C)(C)C.C#Cc1nscc1C(C)(C)C.CC(C)(C)C1CC=CC(=O)C1. The van der Waals surface area contributed by atoms with E-state index in [0.29, 0.717) is 29.1 Å². The zero-order valence-corrected chi connectivity index (χ0v) is 66.9. The van der Waals surface area contributed by atoms with Crippen LogP contribution >= 0.6 is 45.7 Å². The van der Waals surface area contributed by atoms with Crippen molar-refractivity contribution in [1.29, 1.82) is 0 Å². The summed E-state index contributed by atoms with van der Waals surface area (Å²) in [4.78, 5) is 29.9. The Morgan fingerprint density at radius 1 is 0.485 bits per heavy atom. The lowest BCUT2D eigenvalue weighted by Gasteiger charge is -2.30. The Hall–Kier alpha value is -8.75. The van der Waals surface area contributed by atoms with Crippen LogP contribution in [-0.4, -0.2) is 44.8 Å². The molecule has 8 aromatic rings. The van der Waals surface area contributed by atoms with E-state index < -0.39 is 0 Å². The minimum atomic E-state index is -0.0118. The summed E-state index contributed by atoms with van der Waals surface area (Å²) in [6.07, 6.45) is 53.7. The number of allylic oxidation sites excluding steroid dienone is 2. The van der Waals surface area contributed by atoms with Crippen molar-refractivity contribution in [2.75, 3.05) is 0 Å². The molecule has 1 aliphatic rings. The molecule has 0 saturated heterocycles. The molecule has 0 amide bonds. The smallest absolute Gasteiger partial charge is 0.273 e. The Morgan fingerprint density at radius 2 is 1.04 bits per heavy atom. The van der Waals surface area contributed by atoms with Crippen LogP contribution in [0.4, 0.5) is 0 Å². The van der Waals surface area contributed by atoms with Crippen LogP contribution in [0.25, 0.3) is 0 Å². The molecule has 0 N–H and O–H groups in total. The van der Waals surface area contributed by atoms with E-state index >= 15 is 0 Å². The molecule has 8 heterocycles. The molecule has 13 nitrogen and oxygen atoms in total. The van der Waals surface area contributed by atoms with E-state index in [2.05, 4.69) is 232 Å². The van der Waals surface area contributed by atoms with Gasteiger partial charge in [0.15, 0.2) is 27.2 Å². The molecule has 0 spiro atoms. The first-order chi connectivity index (χ1) is 45.3. The highest BCUT2D eigenvalue weighted by Gasteiger charge is 2.28. The molecular formula is C82H104N8O5S4. The fourth-order valence-electron chi connectivity index (χ4n) is 7.30. The van der Waals surface area contributed by atoms with Crippen molar-refractivity contribution in [3.05, 3.63) is 148 Å². The van der Waals surface area contributed by atoms with Gasteiger partial charge in [-0.25, -0.2) is 19.9 Å². The molecule has 0 aliphatic heterocycles. The fourth-order valence-corrected chi connectivity index (χ4v) is 10.6. The molecule has 8 aromatic heterocycles. The summed E-state index contributed by atoms with van der Waals surface area (Å²) >= 11 is 6.04. The summed E-state index contributed by atoms with van der Waals surface area (Å²) < 4.78 is 28.3. The third-order valence-electron chi connectivity index (χ3n) is 13.7. The van der Waals surface area contributed by atoms with Crippen LogP contribution < -0.4 is 0 Å². The highest BCUT2D eigenvalue weighted by Crippen LogP contribution is 2.35. The normalized spacial score (nSPS) is 12.7. The van der Waals surface area contributed by atoms with Gasteiger partial charge in [-0.3, -0.25) is 4.79 Å². The molecule has 1 unspecified atom stereocenters. The first-order valence-electron chi connectivity index (χ1n) is 31.9. The zero-order chi connectivity index (χ0) is 76.3. The summed E-state index contributed by atoms with van der Waals surface area (Å²) in [7, 11) is 0. The van der Waals surface area contributed by atoms with Crippen molar-refractivity contribution < 1.29 is 22.7 Å². The average Bonchev–Trinajstić information content (AvgIpc) is 1.83. The Labute approximate surface area is 610 Å². The van der Waals surface area contributed by atoms with E-state index in [1.165, 1.54) is 49.7 Å². The van der Waals surface area contributed by atoms with Gasteiger partial charge in [0.25, 0.3) is 11.8 Å². The van der Waals surface area contributed by atoms with Crippen molar-refractivity contribution in [1.82, 2.24) is 39.0 Å². The number of aromatic nitrogens is 8. The van der Waals surface area contributed by atoms with Gasteiger partial charge in [0.1, 0.15) is 35.4 Å². The number of ketones is 1. The first kappa shape index (κ1) is 88.3. The van der Waals surface area contributed by atoms with Gasteiger partial charge in [-0.15, -0.1) is 74.1 Å². The van der Waals surface area contributed by atoms with Crippen molar-refractivity contribution in [2.24, 2.45) is 11.3 Å². The van der Waals surface area contributed by atoms with E-state index in [1.807, 2.05) is 70.6 Å². The second kappa shape index (κ2) is 38.0. The number of carbonyl (C=O) groups excluding carboxylic acids is 1. The molecule has 0 saturated carbocycles. The third-order valence-corrected chi connectivity index (χ3v) is 17.7. The van der Waals surface area contributed by atoms with Crippen molar-refractivity contribution in [2.45, 2.75) is 243 Å². The average molecular weight is 1410 g/mol. The molecule has 9 rings (SSSR count). The van der Waals surface area contributed by atoms with Gasteiger partial charge < -0.3 is 17.9 Å². The van der Waals surface area contributed by atoms with E-state index in [9.17, 15) is 4.79 Å². The lowest BCUT2D eigenvalue weighted by Crippen LogP contribution is -2.24. The molecule has 526 valence electrons. The largest absolute Gasteiger partial charge is 0.438 e. The molecule has 0 radical (unpaired) electrons. The fraction of sp³-hybridized carbons (Fsp3) is 0.476. The van der Waals surface area contributed by atoms with Crippen molar-refractivity contribution in [3.63, 3.8) is 0 Å². The number of carbonyl (C=O) groups is 1. The highest BCUT2D eigenvalue weighted by atomic mass is 32.1. The predicted octanol–water partition coefficient (Wildman–Crippen LogP) is 20.1. The summed E-state index contributed by atoms with van der Waals surface area (Å²) in [5.74, 6) is 22.9. The molecule has 0 fully saturated rings. The summed E-state index contributed by atoms with van der Waals surface area (Å²) in [6.45, 7) is 57.0. The van der Waals surface area contributed by atoms with Gasteiger partial charge in [-0.05, 0) is 122 Å². The molecule has 99 heavy (non-hydrogen) atoms. The standard InChI is InChI=1S/C10H16O.4C9H11NO.4C9H11NS/c1-10(2,3)8-5-4-6-9(11)7-8;1-5-8-10-7(6-11-8)9(2,3)4;1-5-8-10-6-7(11-8)9(2,3)4;1-5-8-7(6-11-10-8)9(2,3)4;1-5-7-6-8(11-10-7)9(2,3)4;1-5-8-10-7(6-11-8)9(2,3)4;1-5-8-10-6-7(11-8)9(2,3)4;1-5-8-7(6-11-10-8)9(2,3)4;1-5-7-6-8(11-10-7)9(2,3)4/h4,6,8H,5,7H2,1-3H3;8*1,6H,2-4H3. The molecule has 17 heteroatoms. The molecular weight excluding hydrogens is 1310 g/mol. The maximum Gasteiger partial charge on any atom is 0.273 e. The topological polar surface area (TPSA) is 173 Å². The maximum absolute atomic E-state index is 11.0. The number of hydrogen-bond donors (Lipinski definition) is 0. The number of oxazole rings is 2. The van der Waals surface area contributed by atoms with Crippen LogP contribution in [0.15, 0.2) is 77.8 Å². The van der Waals surface area contributed by atoms with E-state index in [4.69, 9.17) is 69.3 Å². The lowest BCUT2D eigenvalue weighted by molar-refractivity contribution is -0.116. The Bertz CT molecular complexity index is 3650. The van der Waals surface area contributed by atoms with Crippen molar-refractivity contribution in [3.8, 4) is 98.8 Å². The van der Waals surface area contributed by atoms with Gasteiger partial charge >= 0.3 is 0 Å². The number of rotatable bonds is 0. The molecule has 1 atom stereocenters. The van der Waals surface area contributed by atoms with Gasteiger partial charge in [-0.1, -0.05) is 203 Å². The highest BCUT2D eigenvalue weighted by molar-refractivity contribution is 7.12. The van der Waals surface area contributed by atoms with Crippen LogP contribution in [0.2, 0.25) is 0 Å². The Balaban J connectivity index is 0.000000557. The number of thiazole rings is 2. The number of terminal acetylenes is 8. The van der Waals surface area contributed by atoms with Crippen LogP contribution in [0.5, 0.6) is 0 Å². The van der Waals surface area contributed by atoms with Gasteiger partial charge in [-0.2, -0.15) is 8.75 Å². The summed E-state index contributed by atoms with van der Waals surface area (Å²) in [6, 6.07) is 3.77. The predicted molar refractivity (Wildman–Crippen MR) is 414 cm³/mol. The molecule has 0 bridgehead atoms. The van der Waals surface area contributed by atoms with E-state index in [0.717, 1.165) is 62.7 Å². The monoisotopic (exact) mass is 1410 g/mol. The molecule has 0 aromatic carbocycles. The van der Waals surface area contributed by atoms with Gasteiger partial charge in [0, 0.05) is 72.0 Å². The van der Waals surface area contributed by atoms with E-state index in [1.54, 1.807) is 42.2 Å². The van der Waals surface area contributed by atoms with Crippen LogP contribution in [-0.2, 0) is 48.1 Å². The van der Waals surface area contributed by atoms with Crippen LogP contribution in [0.3, 0.4) is 0 Å². The van der Waals surface area contributed by atoms with Crippen LogP contribution in [0.1, 0.15) is 288 Å². The lowest BCUT2D eigenvalue weighted by atomic mass is 9.74. The zero-order valence-electron chi connectivity index (χ0n) is 63.6. The van der Waals surface area contributed by atoms with E-state index in [-0.39, 0.29) is 54.5 Å². The van der Waals surface area contributed by atoms with Gasteiger partial charge in [0.05, 0.1) is 17.6 Å². The summed E-state index contributed by atoms with van der Waals surface area (Å²) in [5, 5.41) is 13.0. The number of hydrogen-bond acceptors (Lipinski definition) is 17. The molecule has 1 aliphatic carbocycles. The Morgan fingerprint density at radius 3 is 1.34 bits per heavy atom. The summed E-state index contributed by atoms with van der Waals surface area (Å²) in [5.41, 5.74) is 7.71. The Kier molecular flexibility index (Phi) is 33.9. The van der Waals surface area contributed by atoms with Crippen molar-refractivity contribution >= 4 is 51.5 Å². The van der Waals surface area contributed by atoms with Crippen LogP contribution in [0, 0.1) is 110 Å². The number of nitrogens with zero attached hydrogens (tertiary/aromatic N) is 8. The minimum absolute atomic E-state index is 0.0118. The quantitative estimate of drug-likeness (QED) is 0.131. The minimum Gasteiger partial charge on any atom is -0.438 e. The third kappa shape index (κ3) is 32.2. The maximum atomic E-state index is 11.0. The second-order valence-electron chi connectivity index (χ2n) is 32.0. The van der Waals surface area contributed by atoms with Gasteiger partial charge in [0.2, 0.25) is 0 Å².